The van der Waals surface area contributed by atoms with Crippen LogP contribution in [0.5, 0.6) is 0 Å². The lowest BCUT2D eigenvalue weighted by Gasteiger charge is -2.37. The first kappa shape index (κ1) is 26.0. The number of hydrogen-bond acceptors (Lipinski definition) is 5. The molecule has 3 unspecified atom stereocenters. The molecule has 3 atom stereocenters. The Kier molecular flexibility index (Phi) is 8.23. The van der Waals surface area contributed by atoms with E-state index in [1.807, 2.05) is 27.7 Å². The summed E-state index contributed by atoms with van der Waals surface area (Å²) in [6, 6.07) is 8.80. The first-order valence-corrected chi connectivity index (χ1v) is 12.2. The first-order chi connectivity index (χ1) is 15.9. The summed E-state index contributed by atoms with van der Waals surface area (Å²) in [7, 11) is 0. The molecule has 1 aliphatic rings. The van der Waals surface area contributed by atoms with Crippen LogP contribution in [0.4, 0.5) is 9.18 Å². The Labute approximate surface area is 208 Å². The number of aromatic nitrogens is 1. The molecule has 3 rings (SSSR count). The number of halogens is 2. The summed E-state index contributed by atoms with van der Waals surface area (Å²) in [6.07, 6.45) is 1.73. The van der Waals surface area contributed by atoms with Gasteiger partial charge in [0.05, 0.1) is 5.92 Å². The van der Waals surface area contributed by atoms with Gasteiger partial charge >= 0.3 is 6.09 Å². The molecule has 1 aromatic heterocycles. The summed E-state index contributed by atoms with van der Waals surface area (Å²) in [4.78, 5) is 45.0. The average molecular weight is 533 g/mol. The Morgan fingerprint density at radius 1 is 1.21 bits per heavy atom. The van der Waals surface area contributed by atoms with Crippen LogP contribution in [0.2, 0.25) is 0 Å². The second-order valence-electron chi connectivity index (χ2n) is 9.80. The summed E-state index contributed by atoms with van der Waals surface area (Å²) in [5, 5.41) is 0. The minimum atomic E-state index is -0.714. The lowest BCUT2D eigenvalue weighted by Crippen LogP contribution is -2.47. The Hall–Kier alpha value is -2.61. The number of rotatable bonds is 6. The van der Waals surface area contributed by atoms with E-state index in [0.29, 0.717) is 35.2 Å². The maximum atomic E-state index is 13.4. The van der Waals surface area contributed by atoms with E-state index >= 15 is 0 Å². The highest BCUT2D eigenvalue weighted by atomic mass is 79.9. The molecule has 34 heavy (non-hydrogen) atoms. The van der Waals surface area contributed by atoms with Crippen LogP contribution in [0, 0.1) is 17.7 Å². The maximum absolute atomic E-state index is 13.4. The summed E-state index contributed by atoms with van der Waals surface area (Å²) in [5.74, 6) is -1.75. The summed E-state index contributed by atoms with van der Waals surface area (Å²) in [5.41, 5.74) is 0.433. The van der Waals surface area contributed by atoms with E-state index < -0.39 is 17.3 Å². The number of benzene rings is 1. The van der Waals surface area contributed by atoms with E-state index in [1.165, 1.54) is 24.3 Å². The fourth-order valence-electron chi connectivity index (χ4n) is 4.28. The molecular formula is C26H30BrFN2O4. The number of likely N-dealkylation sites (tertiary alicyclic amines) is 1. The highest BCUT2D eigenvalue weighted by molar-refractivity contribution is 9.10. The molecule has 182 valence electrons. The third-order valence-corrected chi connectivity index (χ3v) is 6.41. The van der Waals surface area contributed by atoms with Gasteiger partial charge in [-0.2, -0.15) is 0 Å². The lowest BCUT2D eigenvalue weighted by atomic mass is 9.78. The maximum Gasteiger partial charge on any atom is 0.410 e. The van der Waals surface area contributed by atoms with Crippen molar-refractivity contribution in [2.45, 2.75) is 52.1 Å². The van der Waals surface area contributed by atoms with Crippen molar-refractivity contribution < 1.29 is 23.5 Å². The molecule has 2 heterocycles. The zero-order chi connectivity index (χ0) is 25.0. The van der Waals surface area contributed by atoms with Gasteiger partial charge < -0.3 is 9.64 Å². The molecule has 0 N–H and O–H groups in total. The van der Waals surface area contributed by atoms with E-state index in [-0.39, 0.29) is 35.9 Å². The number of ketones is 2. The number of hydrogen-bond donors (Lipinski definition) is 0. The van der Waals surface area contributed by atoms with Gasteiger partial charge in [-0.05, 0) is 91.0 Å². The highest BCUT2D eigenvalue weighted by Crippen LogP contribution is 2.32. The van der Waals surface area contributed by atoms with Gasteiger partial charge in [-0.25, -0.2) is 14.2 Å². The summed E-state index contributed by atoms with van der Waals surface area (Å²) >= 11 is 3.33. The van der Waals surface area contributed by atoms with E-state index in [2.05, 4.69) is 20.9 Å². The molecule has 0 saturated carbocycles. The van der Waals surface area contributed by atoms with Crippen molar-refractivity contribution in [1.82, 2.24) is 9.88 Å². The zero-order valence-electron chi connectivity index (χ0n) is 19.9. The fraction of sp³-hybridized carbons (Fsp3) is 0.462. The molecule has 1 fully saturated rings. The highest BCUT2D eigenvalue weighted by Gasteiger charge is 2.36. The number of carbonyl (C=O) groups excluding carboxylic acids is 3. The van der Waals surface area contributed by atoms with Crippen molar-refractivity contribution in [2.75, 3.05) is 13.1 Å². The Bertz CT molecular complexity index is 1050. The van der Waals surface area contributed by atoms with Crippen LogP contribution in [-0.4, -0.2) is 46.2 Å². The molecule has 1 aromatic carbocycles. The zero-order valence-corrected chi connectivity index (χ0v) is 21.5. The van der Waals surface area contributed by atoms with Crippen molar-refractivity contribution in [3.8, 4) is 0 Å². The average Bonchev–Trinajstić information content (AvgIpc) is 2.76. The minimum absolute atomic E-state index is 0.0219. The third kappa shape index (κ3) is 6.72. The standard InChI is InChI=1S/C26H30BrFN2O4/c1-16-15-30(25(33)34-26(2,3)4)12-10-20(16)22(31)14-21(18-9-11-29-23(27)13-18)24(32)17-5-7-19(28)8-6-17/h5-9,11,13,16,20-21H,10,12,14-15H2,1-4H3. The van der Waals surface area contributed by atoms with E-state index in [9.17, 15) is 18.8 Å². The predicted molar refractivity (Wildman–Crippen MR) is 130 cm³/mol. The van der Waals surface area contributed by atoms with Crippen molar-refractivity contribution >= 4 is 33.6 Å². The molecule has 2 aromatic rings. The molecule has 0 spiro atoms. The quantitative estimate of drug-likeness (QED) is 0.347. The normalized spacial score (nSPS) is 19.4. The van der Waals surface area contributed by atoms with Crippen LogP contribution in [0.15, 0.2) is 47.2 Å². The summed E-state index contributed by atoms with van der Waals surface area (Å²) in [6.45, 7) is 8.25. The monoisotopic (exact) mass is 532 g/mol. The van der Waals surface area contributed by atoms with Crippen LogP contribution in [0.25, 0.3) is 0 Å². The van der Waals surface area contributed by atoms with Crippen LogP contribution < -0.4 is 0 Å². The SMILES string of the molecule is CC1CN(C(=O)OC(C)(C)C)CCC1C(=O)CC(C(=O)c1ccc(F)cc1)c1ccnc(Br)c1. The summed E-state index contributed by atoms with van der Waals surface area (Å²) < 4.78 is 19.4. The number of amides is 1. The fourth-order valence-corrected chi connectivity index (χ4v) is 4.66. The number of Topliss-reactive ketones (excluding diaryl/α,β-unsaturated/α-hetero) is 2. The Morgan fingerprint density at radius 3 is 2.47 bits per heavy atom. The van der Waals surface area contributed by atoms with Gasteiger partial charge in [0.1, 0.15) is 21.8 Å². The minimum Gasteiger partial charge on any atom is -0.444 e. The second kappa shape index (κ2) is 10.8. The predicted octanol–water partition coefficient (Wildman–Crippen LogP) is 5.80. The van der Waals surface area contributed by atoms with Gasteiger partial charge in [-0.1, -0.05) is 6.92 Å². The first-order valence-electron chi connectivity index (χ1n) is 11.4. The van der Waals surface area contributed by atoms with Gasteiger partial charge in [-0.15, -0.1) is 0 Å². The second-order valence-corrected chi connectivity index (χ2v) is 10.6. The smallest absolute Gasteiger partial charge is 0.410 e. The van der Waals surface area contributed by atoms with Gasteiger partial charge in [0.2, 0.25) is 0 Å². The van der Waals surface area contributed by atoms with Crippen molar-refractivity contribution in [2.24, 2.45) is 11.8 Å². The van der Waals surface area contributed by atoms with Crippen molar-refractivity contribution in [1.29, 1.82) is 0 Å². The number of pyridine rings is 1. The Morgan fingerprint density at radius 2 is 1.88 bits per heavy atom. The van der Waals surface area contributed by atoms with Crippen LogP contribution in [0.1, 0.15) is 62.4 Å². The van der Waals surface area contributed by atoms with Crippen molar-refractivity contribution in [3.63, 3.8) is 0 Å². The van der Waals surface area contributed by atoms with Gasteiger partial charge in [0.15, 0.2) is 5.78 Å². The number of carbonyl (C=O) groups is 3. The number of ether oxygens (including phenoxy) is 1. The third-order valence-electron chi connectivity index (χ3n) is 5.97. The van der Waals surface area contributed by atoms with Gasteiger partial charge in [0.25, 0.3) is 0 Å². The molecule has 1 saturated heterocycles. The van der Waals surface area contributed by atoms with E-state index in [1.54, 1.807) is 23.2 Å². The lowest BCUT2D eigenvalue weighted by molar-refractivity contribution is -0.126. The van der Waals surface area contributed by atoms with Crippen molar-refractivity contribution in [3.05, 3.63) is 64.1 Å². The molecule has 8 heteroatoms. The molecule has 1 aliphatic heterocycles. The van der Waals surface area contributed by atoms with Gasteiger partial charge in [0, 0.05) is 37.2 Å². The van der Waals surface area contributed by atoms with Gasteiger partial charge in [-0.3, -0.25) is 9.59 Å². The molecule has 0 bridgehead atoms. The molecule has 1 amide bonds. The molecule has 6 nitrogen and oxygen atoms in total. The molecule has 0 aliphatic carbocycles. The van der Waals surface area contributed by atoms with Crippen LogP contribution >= 0.6 is 15.9 Å². The number of piperidine rings is 1. The van der Waals surface area contributed by atoms with Crippen LogP contribution in [-0.2, 0) is 9.53 Å². The molecule has 0 radical (unpaired) electrons. The molecular weight excluding hydrogens is 503 g/mol. The topological polar surface area (TPSA) is 76.6 Å². The number of nitrogens with zero attached hydrogens (tertiary/aromatic N) is 2. The Balaban J connectivity index is 1.76. The van der Waals surface area contributed by atoms with E-state index in [0.717, 1.165) is 0 Å². The largest absolute Gasteiger partial charge is 0.444 e. The van der Waals surface area contributed by atoms with E-state index in [4.69, 9.17) is 4.74 Å². The van der Waals surface area contributed by atoms with Crippen LogP contribution in [0.3, 0.4) is 0 Å².